The lowest BCUT2D eigenvalue weighted by Gasteiger charge is -2.19. The van der Waals surface area contributed by atoms with Gasteiger partial charge in [-0.1, -0.05) is 12.1 Å². The third-order valence-corrected chi connectivity index (χ3v) is 3.23. The molecule has 0 saturated carbocycles. The number of aliphatic carboxylic acids is 1. The molecule has 21 heavy (non-hydrogen) atoms. The number of carbonyl (C=O) groups excluding carboxylic acids is 2. The van der Waals surface area contributed by atoms with E-state index >= 15 is 0 Å². The van der Waals surface area contributed by atoms with Crippen LogP contribution in [0.2, 0.25) is 0 Å². The monoisotopic (exact) mass is 291 g/mol. The van der Waals surface area contributed by atoms with Crippen molar-refractivity contribution in [1.82, 2.24) is 16.0 Å². The van der Waals surface area contributed by atoms with Crippen LogP contribution in [0.5, 0.6) is 0 Å². The normalized spacial score (nSPS) is 13.1. The Morgan fingerprint density at radius 3 is 2.76 bits per heavy atom. The fourth-order valence-electron chi connectivity index (χ4n) is 2.24. The molecule has 0 radical (unpaired) electrons. The zero-order valence-corrected chi connectivity index (χ0v) is 11.4. The van der Waals surface area contributed by atoms with Crippen LogP contribution in [0, 0.1) is 0 Å². The average molecular weight is 291 g/mol. The number of hydrogen-bond acceptors (Lipinski definition) is 4. The summed E-state index contributed by atoms with van der Waals surface area (Å²) in [6.45, 7) is 0.848. The van der Waals surface area contributed by atoms with Crippen LogP contribution in [0.25, 0.3) is 0 Å². The van der Waals surface area contributed by atoms with Crippen molar-refractivity contribution in [2.45, 2.75) is 13.0 Å². The van der Waals surface area contributed by atoms with Gasteiger partial charge in [-0.2, -0.15) is 0 Å². The Kier molecular flexibility index (Phi) is 4.89. The molecule has 1 aromatic carbocycles. The molecule has 0 spiro atoms. The number of fused-ring (bicyclic) bond motifs is 1. The van der Waals surface area contributed by atoms with Gasteiger partial charge in [0.05, 0.1) is 6.54 Å². The minimum absolute atomic E-state index is 0.242. The first-order valence-corrected chi connectivity index (χ1v) is 6.66. The summed E-state index contributed by atoms with van der Waals surface area (Å²) in [6.07, 6.45) is 0.768. The quantitative estimate of drug-likeness (QED) is 0.572. The molecule has 0 saturated heterocycles. The largest absolute Gasteiger partial charge is 0.480 e. The summed E-state index contributed by atoms with van der Waals surface area (Å²) in [5.74, 6) is -1.98. The predicted molar refractivity (Wildman–Crippen MR) is 74.8 cm³/mol. The number of carboxylic acids is 1. The number of rotatable bonds is 5. The van der Waals surface area contributed by atoms with Gasteiger partial charge in [0, 0.05) is 12.1 Å². The van der Waals surface area contributed by atoms with Crippen molar-refractivity contribution >= 4 is 17.8 Å². The molecule has 0 aliphatic carbocycles. The number of hydrogen-bond donors (Lipinski definition) is 4. The molecule has 1 heterocycles. The van der Waals surface area contributed by atoms with Crippen LogP contribution in [-0.2, 0) is 22.6 Å². The highest BCUT2D eigenvalue weighted by Crippen LogP contribution is 2.18. The van der Waals surface area contributed by atoms with Crippen molar-refractivity contribution in [2.75, 3.05) is 19.6 Å². The Morgan fingerprint density at radius 2 is 2.00 bits per heavy atom. The van der Waals surface area contributed by atoms with Gasteiger partial charge in [0.2, 0.25) is 5.91 Å². The molecule has 1 aliphatic rings. The van der Waals surface area contributed by atoms with Crippen molar-refractivity contribution in [3.63, 3.8) is 0 Å². The van der Waals surface area contributed by atoms with Crippen LogP contribution in [0.4, 0.5) is 0 Å². The summed E-state index contributed by atoms with van der Waals surface area (Å²) < 4.78 is 0. The Labute approximate surface area is 121 Å². The molecule has 1 aliphatic heterocycles. The van der Waals surface area contributed by atoms with Gasteiger partial charge in [-0.25, -0.2) is 0 Å². The van der Waals surface area contributed by atoms with Crippen LogP contribution in [0.15, 0.2) is 18.2 Å². The molecule has 0 unspecified atom stereocenters. The highest BCUT2D eigenvalue weighted by atomic mass is 16.4. The Balaban J connectivity index is 1.95. The van der Waals surface area contributed by atoms with Crippen LogP contribution < -0.4 is 16.0 Å². The zero-order chi connectivity index (χ0) is 15.2. The van der Waals surface area contributed by atoms with Crippen molar-refractivity contribution in [3.8, 4) is 0 Å². The van der Waals surface area contributed by atoms with Crippen LogP contribution >= 0.6 is 0 Å². The lowest BCUT2D eigenvalue weighted by Crippen LogP contribution is -2.39. The average Bonchev–Trinajstić information content (AvgIpc) is 2.50. The number of nitrogens with one attached hydrogen (secondary N) is 3. The second-order valence-electron chi connectivity index (χ2n) is 4.72. The van der Waals surface area contributed by atoms with Crippen LogP contribution in [0.1, 0.15) is 21.5 Å². The topological polar surface area (TPSA) is 108 Å². The Hall–Kier alpha value is -2.41. The summed E-state index contributed by atoms with van der Waals surface area (Å²) in [4.78, 5) is 33.8. The first-order chi connectivity index (χ1) is 10.1. The van der Waals surface area contributed by atoms with Gasteiger partial charge in [-0.15, -0.1) is 0 Å². The smallest absolute Gasteiger partial charge is 0.322 e. The first-order valence-electron chi connectivity index (χ1n) is 6.66. The maximum atomic E-state index is 12.1. The SMILES string of the molecule is O=C(O)CNC(=O)CNC(=O)c1cccc2c1CCNC2. The third-order valence-electron chi connectivity index (χ3n) is 3.23. The van der Waals surface area contributed by atoms with E-state index in [1.54, 1.807) is 6.07 Å². The maximum absolute atomic E-state index is 12.1. The molecule has 7 nitrogen and oxygen atoms in total. The van der Waals surface area contributed by atoms with Crippen LogP contribution in [-0.4, -0.2) is 42.5 Å². The lowest BCUT2D eigenvalue weighted by atomic mass is 9.95. The second-order valence-corrected chi connectivity index (χ2v) is 4.72. The third kappa shape index (κ3) is 4.03. The summed E-state index contributed by atoms with van der Waals surface area (Å²) in [7, 11) is 0. The summed E-state index contributed by atoms with van der Waals surface area (Å²) >= 11 is 0. The maximum Gasteiger partial charge on any atom is 0.322 e. The molecular weight excluding hydrogens is 274 g/mol. The fraction of sp³-hybridized carbons (Fsp3) is 0.357. The molecule has 7 heteroatoms. The Morgan fingerprint density at radius 1 is 1.19 bits per heavy atom. The first kappa shape index (κ1) is 15.0. The molecule has 112 valence electrons. The number of amides is 2. The minimum atomic E-state index is -1.13. The standard InChI is InChI=1S/C14H17N3O4/c18-12(16-8-13(19)20)7-17-14(21)11-3-1-2-9-6-15-5-4-10(9)11/h1-3,15H,4-8H2,(H,16,18)(H,17,21)(H,19,20). The highest BCUT2D eigenvalue weighted by molar-refractivity contribution is 5.98. The predicted octanol–water partition coefficient (Wildman–Crippen LogP) is -0.737. The number of carboxylic acid groups (broad SMARTS) is 1. The molecular formula is C14H17N3O4. The van der Waals surface area contributed by atoms with E-state index in [4.69, 9.17) is 5.11 Å². The van der Waals surface area contributed by atoms with E-state index in [9.17, 15) is 14.4 Å². The van der Waals surface area contributed by atoms with Gasteiger partial charge in [0.15, 0.2) is 0 Å². The fourth-order valence-corrected chi connectivity index (χ4v) is 2.24. The van der Waals surface area contributed by atoms with E-state index in [1.165, 1.54) is 0 Å². The van der Waals surface area contributed by atoms with Crippen molar-refractivity contribution in [1.29, 1.82) is 0 Å². The lowest BCUT2D eigenvalue weighted by molar-refractivity contribution is -0.137. The van der Waals surface area contributed by atoms with E-state index in [-0.39, 0.29) is 12.5 Å². The van der Waals surface area contributed by atoms with E-state index in [2.05, 4.69) is 16.0 Å². The molecule has 0 bridgehead atoms. The molecule has 0 fully saturated rings. The van der Waals surface area contributed by atoms with Gasteiger partial charge >= 0.3 is 5.97 Å². The molecule has 0 atom stereocenters. The van der Waals surface area contributed by atoms with E-state index < -0.39 is 18.4 Å². The van der Waals surface area contributed by atoms with Gasteiger partial charge in [0.1, 0.15) is 6.54 Å². The van der Waals surface area contributed by atoms with Gasteiger partial charge in [-0.05, 0) is 30.2 Å². The minimum Gasteiger partial charge on any atom is -0.480 e. The zero-order valence-electron chi connectivity index (χ0n) is 11.4. The second kappa shape index (κ2) is 6.85. The molecule has 1 aromatic rings. The van der Waals surface area contributed by atoms with E-state index in [1.807, 2.05) is 12.1 Å². The van der Waals surface area contributed by atoms with E-state index in [0.717, 1.165) is 30.6 Å². The van der Waals surface area contributed by atoms with Gasteiger partial charge in [-0.3, -0.25) is 14.4 Å². The molecule has 4 N–H and O–H groups in total. The number of benzene rings is 1. The van der Waals surface area contributed by atoms with Gasteiger partial charge in [0.25, 0.3) is 5.91 Å². The summed E-state index contributed by atoms with van der Waals surface area (Å²) in [5.41, 5.74) is 2.66. The molecule has 0 aromatic heterocycles. The molecule has 2 amide bonds. The summed E-state index contributed by atoms with van der Waals surface area (Å²) in [5, 5.41) is 16.4. The highest BCUT2D eigenvalue weighted by Gasteiger charge is 2.17. The van der Waals surface area contributed by atoms with Crippen molar-refractivity contribution in [3.05, 3.63) is 34.9 Å². The van der Waals surface area contributed by atoms with Crippen molar-refractivity contribution in [2.24, 2.45) is 0 Å². The molecule has 2 rings (SSSR count). The van der Waals surface area contributed by atoms with Crippen molar-refractivity contribution < 1.29 is 19.5 Å². The number of carbonyl (C=O) groups is 3. The van der Waals surface area contributed by atoms with Gasteiger partial charge < -0.3 is 21.1 Å². The Bertz CT molecular complexity index is 571. The van der Waals surface area contributed by atoms with E-state index in [0.29, 0.717) is 5.56 Å². The van der Waals surface area contributed by atoms with Crippen LogP contribution in [0.3, 0.4) is 0 Å². The summed E-state index contributed by atoms with van der Waals surface area (Å²) in [6, 6.07) is 5.51.